The summed E-state index contributed by atoms with van der Waals surface area (Å²) in [6.07, 6.45) is 1.44. The molecule has 0 fully saturated rings. The topological polar surface area (TPSA) is 20.3 Å². The van der Waals surface area contributed by atoms with Gasteiger partial charge in [0.2, 0.25) is 0 Å². The molecule has 0 spiro atoms. The van der Waals surface area contributed by atoms with E-state index < -0.39 is 0 Å². The summed E-state index contributed by atoms with van der Waals surface area (Å²) in [6, 6.07) is 14.4. The van der Waals surface area contributed by atoms with Crippen molar-refractivity contribution in [2.75, 3.05) is 17.3 Å². The molecule has 0 unspecified atom stereocenters. The summed E-state index contributed by atoms with van der Waals surface area (Å²) in [7, 11) is 0. The molecule has 114 valence electrons. The maximum atomic E-state index is 12.0. The summed E-state index contributed by atoms with van der Waals surface area (Å²) in [5.74, 6) is 0.818. The molecule has 2 aromatic carbocycles. The Bertz CT molecular complexity index is 701. The maximum Gasteiger partial charge on any atom is 0.162 e. The van der Waals surface area contributed by atoms with Gasteiger partial charge in [0.1, 0.15) is 0 Å². The number of Topliss-reactive ketones (excluding diaryl/α,β-unsaturated/α-hetero) is 1. The molecule has 4 heteroatoms. The standard InChI is InChI=1S/C18H18ClNOS/c1-2-16(21)13-8-9-18-15(12-13)20(11-5-10-19)14-6-3-4-7-17(14)22-18/h3-4,6-9,12H,2,5,10-11H2,1H3. The van der Waals surface area contributed by atoms with Crippen molar-refractivity contribution in [1.29, 1.82) is 0 Å². The summed E-state index contributed by atoms with van der Waals surface area (Å²) in [5, 5.41) is 0. The molecule has 0 amide bonds. The number of anilines is 2. The van der Waals surface area contributed by atoms with Crippen molar-refractivity contribution in [1.82, 2.24) is 0 Å². The number of para-hydroxylation sites is 1. The van der Waals surface area contributed by atoms with E-state index in [1.165, 1.54) is 15.5 Å². The Balaban J connectivity index is 2.06. The van der Waals surface area contributed by atoms with Gasteiger partial charge in [0.25, 0.3) is 0 Å². The van der Waals surface area contributed by atoms with E-state index in [1.54, 1.807) is 11.8 Å². The fraction of sp³-hybridized carbons (Fsp3) is 0.278. The van der Waals surface area contributed by atoms with Crippen LogP contribution in [0.5, 0.6) is 0 Å². The van der Waals surface area contributed by atoms with Gasteiger partial charge in [-0.25, -0.2) is 0 Å². The molecule has 0 aromatic heterocycles. The van der Waals surface area contributed by atoms with Gasteiger partial charge in [0, 0.05) is 34.2 Å². The summed E-state index contributed by atoms with van der Waals surface area (Å²) in [5.41, 5.74) is 3.11. The smallest absolute Gasteiger partial charge is 0.162 e. The predicted molar refractivity (Wildman–Crippen MR) is 94.0 cm³/mol. The van der Waals surface area contributed by atoms with Gasteiger partial charge in [0.05, 0.1) is 11.4 Å². The molecule has 22 heavy (non-hydrogen) atoms. The Kier molecular flexibility index (Phi) is 4.74. The lowest BCUT2D eigenvalue weighted by Crippen LogP contribution is -2.22. The highest BCUT2D eigenvalue weighted by atomic mass is 35.5. The van der Waals surface area contributed by atoms with Gasteiger partial charge in [-0.05, 0) is 30.7 Å². The van der Waals surface area contributed by atoms with Crippen LogP contribution in [0.3, 0.4) is 0 Å². The monoisotopic (exact) mass is 331 g/mol. The number of carbonyl (C=O) groups is 1. The minimum atomic E-state index is 0.184. The molecule has 1 aliphatic rings. The summed E-state index contributed by atoms with van der Waals surface area (Å²) >= 11 is 7.65. The molecule has 0 radical (unpaired) electrons. The largest absolute Gasteiger partial charge is 0.340 e. The quantitative estimate of drug-likeness (QED) is 0.532. The SMILES string of the molecule is CCC(=O)c1ccc2c(c1)N(CCCCl)c1ccccc1S2. The Morgan fingerprint density at radius 2 is 1.91 bits per heavy atom. The molecule has 0 saturated heterocycles. The number of halogens is 1. The van der Waals surface area contributed by atoms with E-state index in [0.29, 0.717) is 12.3 Å². The number of hydrogen-bond acceptors (Lipinski definition) is 3. The van der Waals surface area contributed by atoms with Crippen molar-refractivity contribution in [3.8, 4) is 0 Å². The van der Waals surface area contributed by atoms with Crippen LogP contribution in [0.2, 0.25) is 0 Å². The molecule has 3 rings (SSSR count). The lowest BCUT2D eigenvalue weighted by atomic mass is 10.1. The van der Waals surface area contributed by atoms with Gasteiger partial charge >= 0.3 is 0 Å². The predicted octanol–water partition coefficient (Wildman–Crippen LogP) is 5.51. The van der Waals surface area contributed by atoms with E-state index in [1.807, 2.05) is 19.1 Å². The van der Waals surface area contributed by atoms with Crippen LogP contribution in [-0.4, -0.2) is 18.2 Å². The van der Waals surface area contributed by atoms with Crippen LogP contribution in [0.15, 0.2) is 52.3 Å². The first-order valence-electron chi connectivity index (χ1n) is 7.52. The summed E-state index contributed by atoms with van der Waals surface area (Å²) in [4.78, 5) is 16.8. The molecule has 2 aromatic rings. The normalized spacial score (nSPS) is 12.7. The van der Waals surface area contributed by atoms with Crippen LogP contribution >= 0.6 is 23.4 Å². The molecule has 0 aliphatic carbocycles. The molecule has 0 saturated carbocycles. The van der Waals surface area contributed by atoms with E-state index in [0.717, 1.165) is 24.2 Å². The minimum absolute atomic E-state index is 0.184. The first kappa shape index (κ1) is 15.4. The van der Waals surface area contributed by atoms with E-state index in [9.17, 15) is 4.79 Å². The number of hydrogen-bond donors (Lipinski definition) is 0. The third-order valence-electron chi connectivity index (χ3n) is 3.78. The number of alkyl halides is 1. The minimum Gasteiger partial charge on any atom is -0.340 e. The van der Waals surface area contributed by atoms with Gasteiger partial charge in [-0.1, -0.05) is 36.9 Å². The number of fused-ring (bicyclic) bond motifs is 2. The zero-order chi connectivity index (χ0) is 15.5. The average Bonchev–Trinajstić information content (AvgIpc) is 2.57. The maximum absolute atomic E-state index is 12.0. The molecule has 0 atom stereocenters. The third-order valence-corrected chi connectivity index (χ3v) is 5.18. The van der Waals surface area contributed by atoms with E-state index in [2.05, 4.69) is 35.2 Å². The van der Waals surface area contributed by atoms with E-state index in [-0.39, 0.29) is 5.78 Å². The zero-order valence-electron chi connectivity index (χ0n) is 12.5. The van der Waals surface area contributed by atoms with Crippen molar-refractivity contribution in [3.63, 3.8) is 0 Å². The second-order valence-corrected chi connectivity index (χ2v) is 6.68. The van der Waals surface area contributed by atoms with Gasteiger partial charge in [0.15, 0.2) is 5.78 Å². The first-order valence-corrected chi connectivity index (χ1v) is 8.87. The van der Waals surface area contributed by atoms with Crippen LogP contribution in [0.4, 0.5) is 11.4 Å². The Labute approximate surface area is 140 Å². The van der Waals surface area contributed by atoms with Crippen molar-refractivity contribution < 1.29 is 4.79 Å². The van der Waals surface area contributed by atoms with Crippen LogP contribution in [-0.2, 0) is 0 Å². The lowest BCUT2D eigenvalue weighted by molar-refractivity contribution is 0.0988. The summed E-state index contributed by atoms with van der Waals surface area (Å²) in [6.45, 7) is 2.76. The molecule has 2 nitrogen and oxygen atoms in total. The highest BCUT2D eigenvalue weighted by Gasteiger charge is 2.23. The number of rotatable bonds is 5. The molecule has 1 aliphatic heterocycles. The van der Waals surface area contributed by atoms with Crippen molar-refractivity contribution >= 4 is 40.5 Å². The molecular weight excluding hydrogens is 314 g/mol. The van der Waals surface area contributed by atoms with Crippen LogP contribution in [0.1, 0.15) is 30.1 Å². The number of carbonyl (C=O) groups excluding carboxylic acids is 1. The average molecular weight is 332 g/mol. The Morgan fingerprint density at radius 1 is 1.14 bits per heavy atom. The van der Waals surface area contributed by atoms with Gasteiger partial charge in [-0.15, -0.1) is 11.6 Å². The van der Waals surface area contributed by atoms with Crippen LogP contribution in [0, 0.1) is 0 Å². The molecule has 0 bridgehead atoms. The molecule has 0 N–H and O–H groups in total. The number of nitrogens with zero attached hydrogens (tertiary/aromatic N) is 1. The Morgan fingerprint density at radius 3 is 2.68 bits per heavy atom. The lowest BCUT2D eigenvalue weighted by Gasteiger charge is -2.33. The van der Waals surface area contributed by atoms with Crippen molar-refractivity contribution in [3.05, 3.63) is 48.0 Å². The van der Waals surface area contributed by atoms with Crippen molar-refractivity contribution in [2.45, 2.75) is 29.6 Å². The molecular formula is C18H18ClNOS. The third kappa shape index (κ3) is 2.88. The number of ketones is 1. The fourth-order valence-electron chi connectivity index (χ4n) is 2.67. The highest BCUT2D eigenvalue weighted by molar-refractivity contribution is 7.99. The van der Waals surface area contributed by atoms with Crippen molar-refractivity contribution in [2.24, 2.45) is 0 Å². The first-order chi connectivity index (χ1) is 10.7. The second kappa shape index (κ2) is 6.76. The summed E-state index contributed by atoms with van der Waals surface area (Å²) < 4.78 is 0. The highest BCUT2D eigenvalue weighted by Crippen LogP contribution is 2.48. The van der Waals surface area contributed by atoms with Crippen LogP contribution < -0.4 is 4.90 Å². The molecule has 1 heterocycles. The van der Waals surface area contributed by atoms with E-state index in [4.69, 9.17) is 11.6 Å². The fourth-order valence-corrected chi connectivity index (χ4v) is 3.86. The number of benzene rings is 2. The Hall–Kier alpha value is -1.45. The van der Waals surface area contributed by atoms with E-state index >= 15 is 0 Å². The van der Waals surface area contributed by atoms with Crippen LogP contribution in [0.25, 0.3) is 0 Å². The van der Waals surface area contributed by atoms with Gasteiger partial charge < -0.3 is 4.90 Å². The van der Waals surface area contributed by atoms with Gasteiger partial charge in [-0.2, -0.15) is 0 Å². The zero-order valence-corrected chi connectivity index (χ0v) is 14.1. The second-order valence-electron chi connectivity index (χ2n) is 5.22. The van der Waals surface area contributed by atoms with Gasteiger partial charge in [-0.3, -0.25) is 4.79 Å².